The molecule has 0 aromatic heterocycles. The Morgan fingerprint density at radius 2 is 1.65 bits per heavy atom. The number of nitrogens with one attached hydrogen (secondary N) is 1. The summed E-state index contributed by atoms with van der Waals surface area (Å²) in [5, 5.41) is 3.73. The monoisotopic (exact) mass is 316 g/mol. The molecule has 128 valence electrons. The van der Waals surface area contributed by atoms with Crippen molar-refractivity contribution in [3.8, 4) is 0 Å². The molecule has 1 N–H and O–H groups in total. The second-order valence-corrected chi connectivity index (χ2v) is 10.6. The van der Waals surface area contributed by atoms with E-state index in [1.807, 2.05) is 0 Å². The molecule has 6 fully saturated rings. The zero-order chi connectivity index (χ0) is 15.9. The first-order valence-electron chi connectivity index (χ1n) is 9.93. The highest BCUT2D eigenvalue weighted by molar-refractivity contribution is 5.83. The molecule has 0 radical (unpaired) electrons. The molecular weight excluding hydrogens is 284 g/mol. The molecule has 2 heterocycles. The van der Waals surface area contributed by atoms with Crippen molar-refractivity contribution in [2.75, 3.05) is 13.1 Å². The molecule has 1 amide bonds. The van der Waals surface area contributed by atoms with Gasteiger partial charge >= 0.3 is 0 Å². The molecule has 0 aromatic rings. The number of carbonyl (C=O) groups excluding carboxylic acids is 1. The highest BCUT2D eigenvalue weighted by atomic mass is 16.2. The zero-order valence-corrected chi connectivity index (χ0v) is 14.9. The summed E-state index contributed by atoms with van der Waals surface area (Å²) in [6, 6.07) is 1.23. The average molecular weight is 316 g/mol. The SMILES string of the molecule is CC12CC3CC(C)(C1)CC(C(=O)N1CCC4CCC(C1)N4)(C3)C2. The van der Waals surface area contributed by atoms with E-state index in [0.717, 1.165) is 25.4 Å². The fourth-order valence-corrected chi connectivity index (χ4v) is 8.15. The lowest BCUT2D eigenvalue weighted by molar-refractivity contribution is -0.179. The van der Waals surface area contributed by atoms with Crippen molar-refractivity contribution in [3.05, 3.63) is 0 Å². The van der Waals surface area contributed by atoms with Crippen LogP contribution >= 0.6 is 0 Å². The van der Waals surface area contributed by atoms with Crippen molar-refractivity contribution in [2.45, 2.75) is 83.7 Å². The third kappa shape index (κ3) is 2.22. The van der Waals surface area contributed by atoms with Gasteiger partial charge in [-0.3, -0.25) is 4.79 Å². The predicted molar refractivity (Wildman–Crippen MR) is 91.0 cm³/mol. The van der Waals surface area contributed by atoms with E-state index in [2.05, 4.69) is 24.1 Å². The van der Waals surface area contributed by atoms with E-state index in [-0.39, 0.29) is 5.41 Å². The maximum absolute atomic E-state index is 13.7. The van der Waals surface area contributed by atoms with Crippen LogP contribution in [0.5, 0.6) is 0 Å². The molecule has 0 aromatic carbocycles. The van der Waals surface area contributed by atoms with Gasteiger partial charge < -0.3 is 10.2 Å². The summed E-state index contributed by atoms with van der Waals surface area (Å²) in [4.78, 5) is 15.9. The summed E-state index contributed by atoms with van der Waals surface area (Å²) >= 11 is 0. The normalized spacial score (nSPS) is 54.3. The van der Waals surface area contributed by atoms with Gasteiger partial charge in [0.05, 0.1) is 5.41 Å². The van der Waals surface area contributed by atoms with Gasteiger partial charge in [0.15, 0.2) is 0 Å². The molecule has 4 aliphatic carbocycles. The van der Waals surface area contributed by atoms with E-state index in [9.17, 15) is 4.79 Å². The Morgan fingerprint density at radius 1 is 0.957 bits per heavy atom. The van der Waals surface area contributed by atoms with Crippen LogP contribution in [0.4, 0.5) is 0 Å². The van der Waals surface area contributed by atoms with E-state index in [1.165, 1.54) is 51.4 Å². The van der Waals surface area contributed by atoms with E-state index in [1.54, 1.807) is 0 Å². The molecule has 0 spiro atoms. The maximum Gasteiger partial charge on any atom is 0.228 e. The Morgan fingerprint density at radius 3 is 2.35 bits per heavy atom. The van der Waals surface area contributed by atoms with Gasteiger partial charge in [0.1, 0.15) is 0 Å². The molecule has 4 saturated carbocycles. The van der Waals surface area contributed by atoms with Gasteiger partial charge in [-0.15, -0.1) is 0 Å². The predicted octanol–water partition coefficient (Wildman–Crippen LogP) is 3.34. The molecule has 2 aliphatic heterocycles. The van der Waals surface area contributed by atoms with Crippen LogP contribution < -0.4 is 5.32 Å². The van der Waals surface area contributed by atoms with Crippen molar-refractivity contribution in [1.82, 2.24) is 10.2 Å². The number of rotatable bonds is 1. The number of carbonyl (C=O) groups is 1. The topological polar surface area (TPSA) is 32.3 Å². The van der Waals surface area contributed by atoms with Crippen LogP contribution in [0.1, 0.15) is 71.6 Å². The first kappa shape index (κ1) is 14.7. The van der Waals surface area contributed by atoms with E-state index >= 15 is 0 Å². The largest absolute Gasteiger partial charge is 0.341 e. The van der Waals surface area contributed by atoms with Crippen LogP contribution in [0.15, 0.2) is 0 Å². The first-order chi connectivity index (χ1) is 10.9. The van der Waals surface area contributed by atoms with Crippen molar-refractivity contribution >= 4 is 5.91 Å². The Hall–Kier alpha value is -0.570. The molecule has 3 nitrogen and oxygen atoms in total. The summed E-state index contributed by atoms with van der Waals surface area (Å²) < 4.78 is 0. The minimum atomic E-state index is -0.00744. The fourth-order valence-electron chi connectivity index (χ4n) is 8.15. The number of likely N-dealkylation sites (tertiary alicyclic amines) is 1. The van der Waals surface area contributed by atoms with Crippen LogP contribution in [0.3, 0.4) is 0 Å². The van der Waals surface area contributed by atoms with Crippen molar-refractivity contribution in [3.63, 3.8) is 0 Å². The van der Waals surface area contributed by atoms with Gasteiger partial charge in [0, 0.05) is 25.2 Å². The quantitative estimate of drug-likeness (QED) is 0.805. The molecular formula is C20H32N2O. The Balaban J connectivity index is 1.43. The van der Waals surface area contributed by atoms with Crippen molar-refractivity contribution < 1.29 is 4.79 Å². The van der Waals surface area contributed by atoms with Crippen LogP contribution in [0.25, 0.3) is 0 Å². The maximum atomic E-state index is 13.7. The summed E-state index contributed by atoms with van der Waals surface area (Å²) in [5.74, 6) is 1.35. The average Bonchev–Trinajstić information content (AvgIpc) is 2.73. The summed E-state index contributed by atoms with van der Waals surface area (Å²) in [6.45, 7) is 6.91. The number of fused-ring (bicyclic) bond motifs is 2. The first-order valence-corrected chi connectivity index (χ1v) is 9.93. The van der Waals surface area contributed by atoms with E-state index < -0.39 is 0 Å². The van der Waals surface area contributed by atoms with Crippen LogP contribution in [0, 0.1) is 22.2 Å². The number of hydrogen-bond acceptors (Lipinski definition) is 2. The fraction of sp³-hybridized carbons (Fsp3) is 0.950. The van der Waals surface area contributed by atoms with Gasteiger partial charge in [-0.05, 0) is 74.5 Å². The number of hydrogen-bond donors (Lipinski definition) is 1. The van der Waals surface area contributed by atoms with Gasteiger partial charge in [0.25, 0.3) is 0 Å². The lowest BCUT2D eigenvalue weighted by atomic mass is 9.40. The lowest BCUT2D eigenvalue weighted by Crippen LogP contribution is -2.60. The van der Waals surface area contributed by atoms with E-state index in [0.29, 0.717) is 28.8 Å². The molecule has 3 heteroatoms. The highest BCUT2D eigenvalue weighted by Crippen LogP contribution is 2.69. The van der Waals surface area contributed by atoms with Gasteiger partial charge in [-0.2, -0.15) is 0 Å². The second kappa shape index (κ2) is 4.53. The molecule has 4 unspecified atom stereocenters. The third-order valence-corrected chi connectivity index (χ3v) is 7.89. The smallest absolute Gasteiger partial charge is 0.228 e. The van der Waals surface area contributed by atoms with Crippen LogP contribution in [-0.4, -0.2) is 36.0 Å². The second-order valence-electron chi connectivity index (χ2n) is 10.6. The Labute approximate surface area is 140 Å². The molecule has 2 saturated heterocycles. The van der Waals surface area contributed by atoms with Gasteiger partial charge in [0.2, 0.25) is 5.91 Å². The number of nitrogens with zero attached hydrogens (tertiary/aromatic N) is 1. The summed E-state index contributed by atoms with van der Waals surface area (Å²) in [7, 11) is 0. The van der Waals surface area contributed by atoms with Gasteiger partial charge in [-0.25, -0.2) is 0 Å². The minimum Gasteiger partial charge on any atom is -0.341 e. The molecule has 23 heavy (non-hydrogen) atoms. The third-order valence-electron chi connectivity index (χ3n) is 7.89. The lowest BCUT2D eigenvalue weighted by Gasteiger charge is -2.65. The Kier molecular flexibility index (Phi) is 2.91. The zero-order valence-electron chi connectivity index (χ0n) is 14.9. The standard InChI is InChI=1S/C20H32N2O/c1-18-7-14-8-19(2,11-18)13-20(9-14,12-18)17(23)22-6-5-15-3-4-16(10-22)21-15/h14-16,21H,3-13H2,1-2H3. The molecule has 6 rings (SSSR count). The number of amides is 1. The van der Waals surface area contributed by atoms with E-state index in [4.69, 9.17) is 0 Å². The van der Waals surface area contributed by atoms with Gasteiger partial charge in [-0.1, -0.05) is 13.8 Å². The van der Waals surface area contributed by atoms with Crippen LogP contribution in [-0.2, 0) is 4.79 Å². The molecule has 6 aliphatic rings. The minimum absolute atomic E-state index is 0.00744. The van der Waals surface area contributed by atoms with Crippen molar-refractivity contribution in [1.29, 1.82) is 0 Å². The molecule has 6 bridgehead atoms. The Bertz CT molecular complexity index is 526. The molecule has 4 atom stereocenters. The summed E-state index contributed by atoms with van der Waals surface area (Å²) in [5.41, 5.74) is 0.867. The van der Waals surface area contributed by atoms with Crippen LogP contribution in [0.2, 0.25) is 0 Å². The summed E-state index contributed by atoms with van der Waals surface area (Å²) in [6.07, 6.45) is 11.4. The highest BCUT2D eigenvalue weighted by Gasteiger charge is 2.63. The van der Waals surface area contributed by atoms with Crippen molar-refractivity contribution in [2.24, 2.45) is 22.2 Å².